The molecular weight excluding hydrogens is 359 g/mol. The molecule has 5 nitrogen and oxygen atoms in total. The number of anilines is 1. The normalized spacial score (nSPS) is 19.9. The molecule has 1 amide bonds. The summed E-state index contributed by atoms with van der Waals surface area (Å²) in [5.41, 5.74) is 0.734. The molecular formula is C13H15IN2O3. The van der Waals surface area contributed by atoms with Crippen molar-refractivity contribution in [2.24, 2.45) is 0 Å². The van der Waals surface area contributed by atoms with Crippen LogP contribution in [0, 0.1) is 3.57 Å². The smallest absolute Gasteiger partial charge is 0.323 e. The van der Waals surface area contributed by atoms with Gasteiger partial charge < -0.3 is 10.1 Å². The number of hydrogen-bond acceptors (Lipinski definition) is 4. The van der Waals surface area contributed by atoms with E-state index in [-0.39, 0.29) is 18.3 Å². The van der Waals surface area contributed by atoms with Gasteiger partial charge in [0, 0.05) is 15.8 Å². The highest BCUT2D eigenvalue weighted by molar-refractivity contribution is 14.1. The van der Waals surface area contributed by atoms with Crippen LogP contribution in [-0.2, 0) is 14.3 Å². The van der Waals surface area contributed by atoms with E-state index >= 15 is 0 Å². The Morgan fingerprint density at radius 3 is 2.79 bits per heavy atom. The number of ether oxygens (including phenoxy) is 1. The topological polar surface area (TPSA) is 58.6 Å². The van der Waals surface area contributed by atoms with Crippen LogP contribution in [0.25, 0.3) is 0 Å². The van der Waals surface area contributed by atoms with Crippen molar-refractivity contribution in [3.63, 3.8) is 0 Å². The van der Waals surface area contributed by atoms with Crippen LogP contribution in [-0.4, -0.2) is 43.0 Å². The zero-order valence-corrected chi connectivity index (χ0v) is 12.7. The first-order valence-electron chi connectivity index (χ1n) is 5.98. The van der Waals surface area contributed by atoms with Crippen molar-refractivity contribution in [3.8, 4) is 0 Å². The summed E-state index contributed by atoms with van der Waals surface area (Å²) >= 11 is 2.20. The Balaban J connectivity index is 1.93. The summed E-state index contributed by atoms with van der Waals surface area (Å²) in [6.07, 6.45) is 0.112. The molecule has 0 bridgehead atoms. The first kappa shape index (κ1) is 14.3. The second-order valence-corrected chi connectivity index (χ2v) is 5.67. The Labute approximate surface area is 125 Å². The molecule has 1 aromatic carbocycles. The second-order valence-electron chi connectivity index (χ2n) is 4.42. The van der Waals surface area contributed by atoms with Crippen molar-refractivity contribution in [3.05, 3.63) is 27.8 Å². The van der Waals surface area contributed by atoms with Gasteiger partial charge in [-0.3, -0.25) is 14.5 Å². The van der Waals surface area contributed by atoms with Gasteiger partial charge in [-0.2, -0.15) is 0 Å². The van der Waals surface area contributed by atoms with Crippen LogP contribution in [0.15, 0.2) is 24.3 Å². The van der Waals surface area contributed by atoms with E-state index in [1.54, 1.807) is 0 Å². The van der Waals surface area contributed by atoms with Gasteiger partial charge in [0.25, 0.3) is 0 Å². The molecule has 0 aromatic heterocycles. The summed E-state index contributed by atoms with van der Waals surface area (Å²) < 4.78 is 6.07. The number of likely N-dealkylation sites (N-methyl/N-ethyl adjacent to an activating group) is 1. The van der Waals surface area contributed by atoms with Crippen molar-refractivity contribution >= 4 is 40.2 Å². The van der Waals surface area contributed by atoms with Crippen LogP contribution in [0.5, 0.6) is 0 Å². The molecule has 1 N–H and O–H groups in total. The molecule has 6 heteroatoms. The number of halogens is 1. The Hall–Kier alpha value is -1.15. The Morgan fingerprint density at radius 2 is 2.16 bits per heavy atom. The second kappa shape index (κ2) is 6.33. The molecule has 1 fully saturated rings. The lowest BCUT2D eigenvalue weighted by atomic mass is 10.1. The predicted molar refractivity (Wildman–Crippen MR) is 79.8 cm³/mol. The lowest BCUT2D eigenvalue weighted by molar-refractivity contribution is -0.157. The Kier molecular flexibility index (Phi) is 4.76. The first-order valence-corrected chi connectivity index (χ1v) is 7.06. The van der Waals surface area contributed by atoms with E-state index in [2.05, 4.69) is 27.9 Å². The van der Waals surface area contributed by atoms with Crippen molar-refractivity contribution < 1.29 is 14.3 Å². The summed E-state index contributed by atoms with van der Waals surface area (Å²) in [4.78, 5) is 25.3. The maximum absolute atomic E-state index is 11.9. The van der Waals surface area contributed by atoms with Gasteiger partial charge in [-0.05, 0) is 53.9 Å². The molecule has 1 aliphatic rings. The number of esters is 1. The molecule has 2 rings (SSSR count). The van der Waals surface area contributed by atoms with Crippen LogP contribution in [0.4, 0.5) is 5.69 Å². The van der Waals surface area contributed by atoms with E-state index < -0.39 is 6.04 Å². The fourth-order valence-corrected chi connectivity index (χ4v) is 2.24. The third-order valence-corrected chi connectivity index (χ3v) is 3.72. The quantitative estimate of drug-likeness (QED) is 0.643. The fraction of sp³-hybridized carbons (Fsp3) is 0.385. The number of benzene rings is 1. The summed E-state index contributed by atoms with van der Waals surface area (Å²) in [6, 6.07) is 7.01. The van der Waals surface area contributed by atoms with Gasteiger partial charge in [-0.25, -0.2) is 0 Å². The van der Waals surface area contributed by atoms with Crippen LogP contribution >= 0.6 is 22.6 Å². The predicted octanol–water partition coefficient (Wildman–Crippen LogP) is 1.48. The molecule has 1 heterocycles. The number of nitrogens with one attached hydrogen (secondary N) is 1. The molecule has 1 atom stereocenters. The van der Waals surface area contributed by atoms with Gasteiger partial charge in [0.15, 0.2) is 0 Å². The van der Waals surface area contributed by atoms with E-state index in [0.29, 0.717) is 13.2 Å². The number of nitrogens with zero attached hydrogens (tertiary/aromatic N) is 1. The summed E-state index contributed by atoms with van der Waals surface area (Å²) in [5, 5.41) is 2.78. The van der Waals surface area contributed by atoms with E-state index in [1.807, 2.05) is 36.2 Å². The van der Waals surface area contributed by atoms with E-state index in [4.69, 9.17) is 4.74 Å². The maximum atomic E-state index is 11.9. The number of carbonyl (C=O) groups is 2. The molecule has 1 saturated heterocycles. The summed E-state index contributed by atoms with van der Waals surface area (Å²) in [6.45, 7) is 1.05. The standard InChI is InChI=1S/C13H15IN2O3/c1-16-6-7-19-13(18)11(16)8-12(17)15-10-4-2-9(14)3-5-10/h2-5,11H,6-8H2,1H3,(H,15,17)/t11-/m1/s1. The van der Waals surface area contributed by atoms with E-state index in [0.717, 1.165) is 9.26 Å². The average Bonchev–Trinajstić information content (AvgIpc) is 2.37. The zero-order valence-electron chi connectivity index (χ0n) is 10.6. The monoisotopic (exact) mass is 374 g/mol. The number of hydrogen-bond donors (Lipinski definition) is 1. The van der Waals surface area contributed by atoms with E-state index in [9.17, 15) is 9.59 Å². The molecule has 0 unspecified atom stereocenters. The summed E-state index contributed by atoms with van der Waals surface area (Å²) in [7, 11) is 1.82. The molecule has 0 radical (unpaired) electrons. The molecule has 1 aliphatic heterocycles. The summed E-state index contributed by atoms with van der Waals surface area (Å²) in [5.74, 6) is -0.511. The molecule has 0 spiro atoms. The van der Waals surface area contributed by atoms with E-state index in [1.165, 1.54) is 0 Å². The number of rotatable bonds is 3. The number of morpholine rings is 1. The molecule has 102 valence electrons. The van der Waals surface area contributed by atoms with Crippen LogP contribution in [0.1, 0.15) is 6.42 Å². The zero-order chi connectivity index (χ0) is 13.8. The van der Waals surface area contributed by atoms with Gasteiger partial charge in [0.1, 0.15) is 12.6 Å². The minimum atomic E-state index is -0.488. The van der Waals surface area contributed by atoms with Crippen LogP contribution in [0.2, 0.25) is 0 Å². The van der Waals surface area contributed by atoms with Crippen LogP contribution < -0.4 is 5.32 Å². The van der Waals surface area contributed by atoms with Crippen molar-refractivity contribution in [1.29, 1.82) is 0 Å². The van der Waals surface area contributed by atoms with Gasteiger partial charge in [-0.1, -0.05) is 0 Å². The third kappa shape index (κ3) is 3.90. The largest absolute Gasteiger partial charge is 0.463 e. The minimum absolute atomic E-state index is 0.112. The SMILES string of the molecule is CN1CCOC(=O)[C@H]1CC(=O)Nc1ccc(I)cc1. The molecule has 0 aliphatic carbocycles. The fourth-order valence-electron chi connectivity index (χ4n) is 1.88. The highest BCUT2D eigenvalue weighted by Crippen LogP contribution is 2.14. The minimum Gasteiger partial charge on any atom is -0.463 e. The number of amides is 1. The Morgan fingerprint density at radius 1 is 1.47 bits per heavy atom. The Bertz CT molecular complexity index is 475. The number of carbonyl (C=O) groups excluding carboxylic acids is 2. The van der Waals surface area contributed by atoms with Gasteiger partial charge in [-0.15, -0.1) is 0 Å². The van der Waals surface area contributed by atoms with Crippen molar-refractivity contribution in [2.45, 2.75) is 12.5 Å². The third-order valence-electron chi connectivity index (χ3n) is 3.00. The maximum Gasteiger partial charge on any atom is 0.323 e. The van der Waals surface area contributed by atoms with Gasteiger partial charge in [0.2, 0.25) is 5.91 Å². The molecule has 1 aromatic rings. The lowest BCUT2D eigenvalue weighted by Gasteiger charge is -2.30. The van der Waals surface area contributed by atoms with Gasteiger partial charge >= 0.3 is 5.97 Å². The van der Waals surface area contributed by atoms with Crippen molar-refractivity contribution in [2.75, 3.05) is 25.5 Å². The first-order chi connectivity index (χ1) is 9.06. The lowest BCUT2D eigenvalue weighted by Crippen LogP contribution is -2.48. The molecule has 0 saturated carbocycles. The van der Waals surface area contributed by atoms with Gasteiger partial charge in [0.05, 0.1) is 6.42 Å². The van der Waals surface area contributed by atoms with Crippen LogP contribution in [0.3, 0.4) is 0 Å². The number of cyclic esters (lactones) is 1. The average molecular weight is 374 g/mol. The highest BCUT2D eigenvalue weighted by Gasteiger charge is 2.30. The van der Waals surface area contributed by atoms with Crippen molar-refractivity contribution in [1.82, 2.24) is 4.90 Å². The molecule has 19 heavy (non-hydrogen) atoms. The highest BCUT2D eigenvalue weighted by atomic mass is 127.